The molecule has 0 spiro atoms. The van der Waals surface area contributed by atoms with Crippen molar-refractivity contribution < 1.29 is 32.2 Å². The molecule has 1 fully saturated rings. The van der Waals surface area contributed by atoms with Crippen LogP contribution in [0.4, 0.5) is 18.0 Å². The molecule has 0 bridgehead atoms. The summed E-state index contributed by atoms with van der Waals surface area (Å²) in [7, 11) is 0. The van der Waals surface area contributed by atoms with Crippen molar-refractivity contribution in [3.8, 4) is 16.9 Å². The predicted octanol–water partition coefficient (Wildman–Crippen LogP) is 2.38. The molecule has 11 heteroatoms. The van der Waals surface area contributed by atoms with Gasteiger partial charge in [0.1, 0.15) is 23.6 Å². The highest BCUT2D eigenvalue weighted by molar-refractivity contribution is 5.94. The van der Waals surface area contributed by atoms with Crippen molar-refractivity contribution in [1.82, 2.24) is 9.88 Å². The van der Waals surface area contributed by atoms with Crippen molar-refractivity contribution in [3.63, 3.8) is 0 Å². The molecule has 2 heterocycles. The number of primary amides is 1. The number of cyclic esters (lactones) is 1. The highest BCUT2D eigenvalue weighted by Gasteiger charge is 2.36. The van der Waals surface area contributed by atoms with Crippen LogP contribution in [-0.2, 0) is 10.9 Å². The minimum Gasteiger partial charge on any atom is -0.490 e. The number of likely N-dealkylation sites (N-methyl/N-ethyl adjacent to an activating group) is 1. The molecule has 0 aliphatic carbocycles. The second-order valence-corrected chi connectivity index (χ2v) is 6.54. The maximum atomic E-state index is 13.4. The van der Waals surface area contributed by atoms with Crippen LogP contribution in [0.15, 0.2) is 35.1 Å². The number of alkyl halides is 3. The fourth-order valence-corrected chi connectivity index (χ4v) is 3.00. The van der Waals surface area contributed by atoms with E-state index in [1.54, 1.807) is 4.98 Å². The number of aromatic nitrogens is 1. The van der Waals surface area contributed by atoms with Gasteiger partial charge in [0.25, 0.3) is 11.5 Å². The highest BCUT2D eigenvalue weighted by atomic mass is 19.4. The van der Waals surface area contributed by atoms with E-state index in [2.05, 4.69) is 0 Å². The summed E-state index contributed by atoms with van der Waals surface area (Å²) >= 11 is 0. The lowest BCUT2D eigenvalue weighted by Gasteiger charge is -2.15. The van der Waals surface area contributed by atoms with Crippen molar-refractivity contribution >= 4 is 12.0 Å². The Hall–Kier alpha value is -3.50. The van der Waals surface area contributed by atoms with Crippen molar-refractivity contribution in [1.29, 1.82) is 0 Å². The van der Waals surface area contributed by atoms with E-state index in [1.165, 1.54) is 29.2 Å². The Kier molecular flexibility index (Phi) is 5.72. The number of ether oxygens (including phenoxy) is 2. The van der Waals surface area contributed by atoms with Gasteiger partial charge >= 0.3 is 12.3 Å². The number of carbonyl (C=O) groups is 2. The summed E-state index contributed by atoms with van der Waals surface area (Å²) in [5.74, 6) is -0.795. The third kappa shape index (κ3) is 4.39. The fraction of sp³-hybridized carbons (Fsp3) is 0.316. The van der Waals surface area contributed by atoms with Gasteiger partial charge in [-0.3, -0.25) is 9.59 Å². The first-order valence-corrected chi connectivity index (χ1v) is 8.93. The number of halogens is 3. The SMILES string of the molecule is CCN1CC(COc2ccc(-c3cc(C(N)=O)c(=O)[nH]c3C(F)(F)F)cc2)OC1=O. The summed E-state index contributed by atoms with van der Waals surface area (Å²) in [6, 6.07) is 6.37. The van der Waals surface area contributed by atoms with Gasteiger partial charge in [0, 0.05) is 12.1 Å². The van der Waals surface area contributed by atoms with Gasteiger partial charge in [0.05, 0.1) is 6.54 Å². The molecule has 1 atom stereocenters. The van der Waals surface area contributed by atoms with Gasteiger partial charge < -0.3 is 25.1 Å². The number of aromatic amines is 1. The topological polar surface area (TPSA) is 115 Å². The molecule has 1 saturated heterocycles. The quantitative estimate of drug-likeness (QED) is 0.738. The monoisotopic (exact) mass is 425 g/mol. The first-order chi connectivity index (χ1) is 14.1. The molecule has 160 valence electrons. The fourth-order valence-electron chi connectivity index (χ4n) is 3.00. The second-order valence-electron chi connectivity index (χ2n) is 6.54. The average Bonchev–Trinajstić information content (AvgIpc) is 3.05. The van der Waals surface area contributed by atoms with Gasteiger partial charge in [-0.2, -0.15) is 13.2 Å². The van der Waals surface area contributed by atoms with Crippen LogP contribution >= 0.6 is 0 Å². The van der Waals surface area contributed by atoms with E-state index in [4.69, 9.17) is 15.2 Å². The van der Waals surface area contributed by atoms with E-state index in [9.17, 15) is 27.6 Å². The second kappa shape index (κ2) is 8.09. The molecular formula is C19H18F3N3O5. The number of amides is 2. The summed E-state index contributed by atoms with van der Waals surface area (Å²) in [5.41, 5.74) is 1.69. The number of nitrogens with zero attached hydrogens (tertiary/aromatic N) is 1. The maximum Gasteiger partial charge on any atom is 0.431 e. The van der Waals surface area contributed by atoms with Crippen molar-refractivity contribution in [2.45, 2.75) is 19.2 Å². The number of hydrogen-bond donors (Lipinski definition) is 2. The Bertz CT molecular complexity index is 1020. The number of nitrogens with one attached hydrogen (secondary N) is 1. The van der Waals surface area contributed by atoms with E-state index < -0.39 is 46.7 Å². The summed E-state index contributed by atoms with van der Waals surface area (Å²) in [6.07, 6.45) is -5.73. The molecule has 1 aliphatic rings. The molecule has 2 aromatic rings. The number of rotatable bonds is 6. The first kappa shape index (κ1) is 21.2. The Morgan fingerprint density at radius 3 is 2.50 bits per heavy atom. The average molecular weight is 425 g/mol. The zero-order valence-corrected chi connectivity index (χ0v) is 15.8. The van der Waals surface area contributed by atoms with Crippen LogP contribution in [0.5, 0.6) is 5.75 Å². The van der Waals surface area contributed by atoms with Crippen LogP contribution in [0.1, 0.15) is 23.0 Å². The van der Waals surface area contributed by atoms with Crippen molar-refractivity contribution in [3.05, 3.63) is 51.9 Å². The minimum atomic E-state index is -4.85. The van der Waals surface area contributed by atoms with E-state index in [0.717, 1.165) is 6.07 Å². The summed E-state index contributed by atoms with van der Waals surface area (Å²) < 4.78 is 50.7. The van der Waals surface area contributed by atoms with Gasteiger partial charge in [-0.25, -0.2) is 4.79 Å². The predicted molar refractivity (Wildman–Crippen MR) is 99.0 cm³/mol. The Morgan fingerprint density at radius 2 is 1.97 bits per heavy atom. The first-order valence-electron chi connectivity index (χ1n) is 8.93. The summed E-state index contributed by atoms with van der Waals surface area (Å²) in [6.45, 7) is 2.80. The molecule has 0 saturated carbocycles. The van der Waals surface area contributed by atoms with E-state index in [1.807, 2.05) is 6.92 Å². The molecule has 30 heavy (non-hydrogen) atoms. The zero-order valence-electron chi connectivity index (χ0n) is 15.8. The smallest absolute Gasteiger partial charge is 0.431 e. The standard InChI is InChI=1S/C19H18F3N3O5/c1-2-25-8-12(30-18(25)28)9-29-11-5-3-10(4-6-11)13-7-14(16(23)26)17(27)24-15(13)19(20,21)22/h3-7,12H,2,8-9H2,1H3,(H2,23,26)(H,24,27). The summed E-state index contributed by atoms with van der Waals surface area (Å²) in [4.78, 5) is 37.8. The maximum absolute atomic E-state index is 13.4. The Balaban J connectivity index is 1.82. The molecular weight excluding hydrogens is 407 g/mol. The van der Waals surface area contributed by atoms with E-state index in [0.29, 0.717) is 18.8 Å². The van der Waals surface area contributed by atoms with Crippen LogP contribution in [0.3, 0.4) is 0 Å². The minimum absolute atomic E-state index is 0.0832. The molecule has 1 unspecified atom stereocenters. The van der Waals surface area contributed by atoms with Crippen LogP contribution in [0, 0.1) is 0 Å². The lowest BCUT2D eigenvalue weighted by atomic mass is 10.0. The number of benzene rings is 1. The molecule has 2 amide bonds. The number of pyridine rings is 1. The normalized spacial score (nSPS) is 16.5. The van der Waals surface area contributed by atoms with Gasteiger partial charge in [-0.15, -0.1) is 0 Å². The van der Waals surface area contributed by atoms with Gasteiger partial charge in [-0.05, 0) is 30.7 Å². The van der Waals surface area contributed by atoms with Gasteiger partial charge in [-0.1, -0.05) is 12.1 Å². The Morgan fingerprint density at radius 1 is 1.30 bits per heavy atom. The summed E-state index contributed by atoms with van der Waals surface area (Å²) in [5, 5.41) is 0. The molecule has 8 nitrogen and oxygen atoms in total. The van der Waals surface area contributed by atoms with E-state index >= 15 is 0 Å². The molecule has 3 N–H and O–H groups in total. The largest absolute Gasteiger partial charge is 0.490 e. The lowest BCUT2D eigenvalue weighted by molar-refractivity contribution is -0.140. The van der Waals surface area contributed by atoms with Crippen LogP contribution < -0.4 is 16.0 Å². The third-order valence-electron chi connectivity index (χ3n) is 4.52. The molecule has 3 rings (SSSR count). The highest BCUT2D eigenvalue weighted by Crippen LogP contribution is 2.35. The van der Waals surface area contributed by atoms with Crippen LogP contribution in [-0.4, -0.2) is 47.7 Å². The molecule has 1 aromatic heterocycles. The zero-order chi connectivity index (χ0) is 22.1. The van der Waals surface area contributed by atoms with Crippen LogP contribution in [0.2, 0.25) is 0 Å². The number of carbonyl (C=O) groups excluding carboxylic acids is 2. The molecule has 1 aliphatic heterocycles. The van der Waals surface area contributed by atoms with E-state index in [-0.39, 0.29) is 12.2 Å². The van der Waals surface area contributed by atoms with Crippen molar-refractivity contribution in [2.75, 3.05) is 19.7 Å². The number of H-pyrrole nitrogens is 1. The number of hydrogen-bond acceptors (Lipinski definition) is 5. The van der Waals surface area contributed by atoms with Gasteiger partial charge in [0.2, 0.25) is 0 Å². The third-order valence-corrected chi connectivity index (χ3v) is 4.52. The molecule has 0 radical (unpaired) electrons. The van der Waals surface area contributed by atoms with Crippen LogP contribution in [0.25, 0.3) is 11.1 Å². The molecule has 1 aromatic carbocycles. The lowest BCUT2D eigenvalue weighted by Crippen LogP contribution is -2.27. The number of nitrogens with two attached hydrogens (primary N) is 1. The van der Waals surface area contributed by atoms with Gasteiger partial charge in [0.15, 0.2) is 6.10 Å². The Labute approximate surface area is 168 Å². The van der Waals surface area contributed by atoms with Crippen molar-refractivity contribution in [2.24, 2.45) is 5.73 Å².